The second-order valence-corrected chi connectivity index (χ2v) is 10.5. The Morgan fingerprint density at radius 2 is 1.73 bits per heavy atom. The number of benzene rings is 2. The van der Waals surface area contributed by atoms with Gasteiger partial charge in [0.2, 0.25) is 0 Å². The molecule has 208 valence electrons. The van der Waals surface area contributed by atoms with Crippen molar-refractivity contribution in [2.75, 3.05) is 12.4 Å². The lowest BCUT2D eigenvalue weighted by Crippen LogP contribution is -2.23. The molecule has 3 heterocycles. The Bertz CT molecular complexity index is 1800. The maximum absolute atomic E-state index is 13.7. The SMILES string of the molecule is CNC(=O)c1cc(Cl)cc(C)c1NC(=O)c1cc(Cn2ncc(-c3ccc(Cl)cc3Cl)n2)nn1-c1ncccc1Cl. The molecule has 0 spiro atoms. The van der Waals surface area contributed by atoms with E-state index in [-0.39, 0.29) is 28.6 Å². The van der Waals surface area contributed by atoms with Gasteiger partial charge in [0.05, 0.1) is 33.2 Å². The standard InChI is InChI=1S/C27H20Cl4N8O2/c1-14-8-16(29)9-19(26(40)32-2)24(14)35-27(41)23-11-17(36-39(23)25-20(30)4-3-7-33-25)13-38-34-12-22(37-38)18-6-5-15(28)10-21(18)31/h3-12H,13H2,1-2H3,(H,32,40)(H,35,41). The van der Waals surface area contributed by atoms with Crippen molar-refractivity contribution in [1.82, 2.24) is 35.1 Å². The van der Waals surface area contributed by atoms with E-state index < -0.39 is 11.8 Å². The number of rotatable bonds is 7. The van der Waals surface area contributed by atoms with Crippen molar-refractivity contribution in [1.29, 1.82) is 0 Å². The summed E-state index contributed by atoms with van der Waals surface area (Å²) in [4.78, 5) is 31.9. The highest BCUT2D eigenvalue weighted by Gasteiger charge is 2.23. The summed E-state index contributed by atoms with van der Waals surface area (Å²) in [6.07, 6.45) is 3.10. The maximum atomic E-state index is 13.7. The smallest absolute Gasteiger partial charge is 0.274 e. The van der Waals surface area contributed by atoms with Crippen LogP contribution in [0.3, 0.4) is 0 Å². The number of pyridine rings is 1. The van der Waals surface area contributed by atoms with Gasteiger partial charge < -0.3 is 10.6 Å². The van der Waals surface area contributed by atoms with Gasteiger partial charge in [-0.25, -0.2) is 9.67 Å². The molecule has 0 atom stereocenters. The van der Waals surface area contributed by atoms with Gasteiger partial charge >= 0.3 is 0 Å². The van der Waals surface area contributed by atoms with Gasteiger partial charge in [-0.05, 0) is 61.0 Å². The van der Waals surface area contributed by atoms with Crippen molar-refractivity contribution >= 4 is 63.9 Å². The van der Waals surface area contributed by atoms with Crippen molar-refractivity contribution in [2.45, 2.75) is 13.5 Å². The summed E-state index contributed by atoms with van der Waals surface area (Å²) in [6, 6.07) is 13.1. The third kappa shape index (κ3) is 6.06. The fraction of sp³-hybridized carbons (Fsp3) is 0.111. The Kier molecular flexibility index (Phi) is 8.27. The van der Waals surface area contributed by atoms with Gasteiger partial charge in [0, 0.05) is 28.9 Å². The lowest BCUT2D eigenvalue weighted by molar-refractivity contribution is 0.0964. The van der Waals surface area contributed by atoms with Crippen LogP contribution < -0.4 is 10.6 Å². The van der Waals surface area contributed by atoms with Crippen molar-refractivity contribution in [3.05, 3.63) is 104 Å². The minimum atomic E-state index is -0.553. The lowest BCUT2D eigenvalue weighted by atomic mass is 10.1. The van der Waals surface area contributed by atoms with Gasteiger partial charge in [0.15, 0.2) is 5.82 Å². The number of aryl methyl sites for hydroxylation is 1. The zero-order chi connectivity index (χ0) is 29.3. The predicted molar refractivity (Wildman–Crippen MR) is 158 cm³/mol. The maximum Gasteiger partial charge on any atom is 0.274 e. The molecule has 0 saturated carbocycles. The Hall–Kier alpha value is -3.96. The van der Waals surface area contributed by atoms with Gasteiger partial charge in [-0.2, -0.15) is 20.1 Å². The Morgan fingerprint density at radius 3 is 2.46 bits per heavy atom. The van der Waals surface area contributed by atoms with Crippen LogP contribution in [-0.4, -0.2) is 48.6 Å². The molecule has 2 aromatic carbocycles. The highest BCUT2D eigenvalue weighted by molar-refractivity contribution is 6.36. The fourth-order valence-electron chi connectivity index (χ4n) is 4.10. The molecule has 0 saturated heterocycles. The van der Waals surface area contributed by atoms with E-state index in [1.54, 1.807) is 55.6 Å². The Labute approximate surface area is 254 Å². The highest BCUT2D eigenvalue weighted by atomic mass is 35.5. The minimum Gasteiger partial charge on any atom is -0.355 e. The Balaban J connectivity index is 1.51. The van der Waals surface area contributed by atoms with E-state index in [1.165, 1.54) is 28.8 Å². The number of amides is 2. The van der Waals surface area contributed by atoms with E-state index in [9.17, 15) is 9.59 Å². The normalized spacial score (nSPS) is 11.0. The molecule has 2 N–H and O–H groups in total. The number of aromatic nitrogens is 6. The van der Waals surface area contributed by atoms with Crippen LogP contribution in [0.1, 0.15) is 32.1 Å². The van der Waals surface area contributed by atoms with E-state index in [2.05, 4.69) is 30.9 Å². The zero-order valence-electron chi connectivity index (χ0n) is 21.5. The van der Waals surface area contributed by atoms with Crippen molar-refractivity contribution in [3.8, 4) is 17.1 Å². The summed E-state index contributed by atoms with van der Waals surface area (Å²) in [6.45, 7) is 1.85. The second kappa shape index (κ2) is 11.9. The number of carbonyl (C=O) groups is 2. The van der Waals surface area contributed by atoms with Crippen LogP contribution in [0, 0.1) is 6.92 Å². The number of anilines is 1. The molecular weight excluding hydrogens is 610 g/mol. The molecule has 0 fully saturated rings. The molecule has 0 bridgehead atoms. The van der Waals surface area contributed by atoms with E-state index in [0.717, 1.165) is 0 Å². The van der Waals surface area contributed by atoms with Crippen LogP contribution in [0.5, 0.6) is 0 Å². The van der Waals surface area contributed by atoms with Gasteiger partial charge in [-0.3, -0.25) is 9.59 Å². The molecule has 5 rings (SSSR count). The van der Waals surface area contributed by atoms with Gasteiger partial charge in [0.25, 0.3) is 11.8 Å². The summed E-state index contributed by atoms with van der Waals surface area (Å²) in [5, 5.41) is 20.4. The summed E-state index contributed by atoms with van der Waals surface area (Å²) >= 11 is 24.9. The average Bonchev–Trinajstić information content (AvgIpc) is 3.57. The van der Waals surface area contributed by atoms with Gasteiger partial charge in [0.1, 0.15) is 17.9 Å². The van der Waals surface area contributed by atoms with Crippen molar-refractivity contribution < 1.29 is 9.59 Å². The van der Waals surface area contributed by atoms with Gasteiger partial charge in [-0.15, -0.1) is 0 Å². The van der Waals surface area contributed by atoms with Crippen LogP contribution in [0.25, 0.3) is 17.1 Å². The molecule has 10 nitrogen and oxygen atoms in total. The minimum absolute atomic E-state index is 0.117. The summed E-state index contributed by atoms with van der Waals surface area (Å²) in [5.41, 5.74) is 2.88. The number of carbonyl (C=O) groups excluding carboxylic acids is 2. The third-order valence-electron chi connectivity index (χ3n) is 5.99. The number of halogens is 4. The number of nitrogens with zero attached hydrogens (tertiary/aromatic N) is 6. The monoisotopic (exact) mass is 628 g/mol. The van der Waals surface area contributed by atoms with Crippen molar-refractivity contribution in [3.63, 3.8) is 0 Å². The first kappa shape index (κ1) is 28.6. The fourth-order valence-corrected chi connectivity index (χ4v) is 5.08. The summed E-state index contributed by atoms with van der Waals surface area (Å²) in [5.74, 6) is -0.718. The molecular formula is C27H20Cl4N8O2. The van der Waals surface area contributed by atoms with Crippen LogP contribution in [0.4, 0.5) is 5.69 Å². The first-order valence-electron chi connectivity index (χ1n) is 12.0. The average molecular weight is 630 g/mol. The van der Waals surface area contributed by atoms with E-state index in [0.29, 0.717) is 43.3 Å². The van der Waals surface area contributed by atoms with E-state index in [4.69, 9.17) is 46.4 Å². The molecule has 0 aliphatic heterocycles. The molecule has 0 aliphatic rings. The summed E-state index contributed by atoms with van der Waals surface area (Å²) in [7, 11) is 1.49. The molecule has 3 aromatic heterocycles. The number of hydrogen-bond acceptors (Lipinski definition) is 6. The molecule has 41 heavy (non-hydrogen) atoms. The number of hydrogen-bond donors (Lipinski definition) is 2. The molecule has 0 aliphatic carbocycles. The summed E-state index contributed by atoms with van der Waals surface area (Å²) < 4.78 is 1.33. The quantitative estimate of drug-likeness (QED) is 0.224. The topological polar surface area (TPSA) is 120 Å². The van der Waals surface area contributed by atoms with E-state index in [1.807, 2.05) is 0 Å². The van der Waals surface area contributed by atoms with Crippen LogP contribution in [0.15, 0.2) is 60.9 Å². The lowest BCUT2D eigenvalue weighted by Gasteiger charge is -2.14. The molecule has 5 aromatic rings. The molecule has 0 radical (unpaired) electrons. The molecule has 0 unspecified atom stereocenters. The van der Waals surface area contributed by atoms with Crippen molar-refractivity contribution in [2.24, 2.45) is 0 Å². The highest BCUT2D eigenvalue weighted by Crippen LogP contribution is 2.29. The largest absolute Gasteiger partial charge is 0.355 e. The Morgan fingerprint density at radius 1 is 0.927 bits per heavy atom. The zero-order valence-corrected chi connectivity index (χ0v) is 24.5. The van der Waals surface area contributed by atoms with Crippen LogP contribution in [-0.2, 0) is 6.54 Å². The molecule has 14 heteroatoms. The molecule has 2 amide bonds. The first-order chi connectivity index (χ1) is 19.6. The van der Waals surface area contributed by atoms with Gasteiger partial charge in [-0.1, -0.05) is 46.4 Å². The first-order valence-corrected chi connectivity index (χ1v) is 13.5. The number of nitrogens with one attached hydrogen (secondary N) is 2. The second-order valence-electron chi connectivity index (χ2n) is 8.80. The predicted octanol–water partition coefficient (Wildman–Crippen LogP) is 6.11. The third-order valence-corrected chi connectivity index (χ3v) is 7.05. The van der Waals surface area contributed by atoms with Crippen LogP contribution >= 0.6 is 46.4 Å². The van der Waals surface area contributed by atoms with Crippen LogP contribution in [0.2, 0.25) is 20.1 Å². The van der Waals surface area contributed by atoms with E-state index >= 15 is 0 Å².